The molecule has 10 nitrogen and oxygen atoms in total. The number of carbonyl (C=O) groups is 3. The van der Waals surface area contributed by atoms with Gasteiger partial charge in [-0.25, -0.2) is 9.78 Å². The van der Waals surface area contributed by atoms with E-state index in [2.05, 4.69) is 15.6 Å². The largest absolute Gasteiger partial charge is 0.496 e. The summed E-state index contributed by atoms with van der Waals surface area (Å²) in [4.78, 5) is 39.8. The summed E-state index contributed by atoms with van der Waals surface area (Å²) in [5, 5.41) is 14.4. The molecule has 184 valence electrons. The number of nitrogens with zero attached hydrogens (tertiary/aromatic N) is 1. The molecule has 0 aliphatic carbocycles. The van der Waals surface area contributed by atoms with Gasteiger partial charge in [0.05, 0.1) is 36.1 Å². The first-order valence-corrected chi connectivity index (χ1v) is 10.8. The van der Waals surface area contributed by atoms with Crippen molar-refractivity contribution in [1.82, 2.24) is 10.3 Å². The number of oxazole rings is 1. The maximum Gasteiger partial charge on any atom is 0.335 e. The molecule has 0 radical (unpaired) electrons. The van der Waals surface area contributed by atoms with E-state index in [0.717, 1.165) is 0 Å². The predicted octanol–water partition coefficient (Wildman–Crippen LogP) is 4.00. The highest BCUT2D eigenvalue weighted by Gasteiger charge is 2.25. The molecule has 2 amide bonds. The number of hydrogen-bond donors (Lipinski definition) is 3. The molecule has 0 spiro atoms. The van der Waals surface area contributed by atoms with Gasteiger partial charge in [0.25, 0.3) is 0 Å². The Morgan fingerprint density at radius 1 is 1.11 bits per heavy atom. The van der Waals surface area contributed by atoms with Crippen LogP contribution in [0.3, 0.4) is 0 Å². The Labute approximate surface area is 206 Å². The number of hydrogen-bond acceptors (Lipinski definition) is 7. The number of carbonyl (C=O) groups excluding carboxylic acids is 2. The van der Waals surface area contributed by atoms with Crippen LogP contribution in [-0.2, 0) is 9.59 Å². The minimum atomic E-state index is -1.09. The molecular formula is C24H24ClN3O7. The molecule has 0 fully saturated rings. The zero-order valence-corrected chi connectivity index (χ0v) is 20.0. The highest BCUT2D eigenvalue weighted by Crippen LogP contribution is 2.32. The van der Waals surface area contributed by atoms with E-state index >= 15 is 0 Å². The lowest BCUT2D eigenvalue weighted by Crippen LogP contribution is -2.48. The van der Waals surface area contributed by atoms with Gasteiger partial charge in [0, 0.05) is 23.7 Å². The Morgan fingerprint density at radius 2 is 1.89 bits per heavy atom. The lowest BCUT2D eigenvalue weighted by Gasteiger charge is -2.26. The number of carboxylic acid groups (broad SMARTS) is 1. The molecule has 0 atom stereocenters. The number of amides is 2. The first kappa shape index (κ1) is 25.6. The average Bonchev–Trinajstić information content (AvgIpc) is 3.34. The summed E-state index contributed by atoms with van der Waals surface area (Å²) in [6.07, 6.45) is 3.18. The molecule has 0 saturated heterocycles. The molecule has 1 heterocycles. The molecule has 3 aromatic rings. The normalized spacial score (nSPS) is 11.0. The van der Waals surface area contributed by atoms with Gasteiger partial charge in [-0.1, -0.05) is 11.6 Å². The van der Waals surface area contributed by atoms with E-state index in [9.17, 15) is 14.4 Å². The van der Waals surface area contributed by atoms with E-state index in [4.69, 9.17) is 30.6 Å². The lowest BCUT2D eigenvalue weighted by atomic mass is 10.0. The van der Waals surface area contributed by atoms with Crippen LogP contribution in [0.15, 0.2) is 53.4 Å². The second-order valence-electron chi connectivity index (χ2n) is 8.12. The predicted molar refractivity (Wildman–Crippen MR) is 128 cm³/mol. The number of rotatable bonds is 9. The molecule has 0 bridgehead atoms. The topological polar surface area (TPSA) is 140 Å². The van der Waals surface area contributed by atoms with E-state index < -0.39 is 23.3 Å². The number of aromatic nitrogens is 1. The SMILES string of the molecule is COc1cc(NC(=O)C(=O)NC(C)(C)CCOc2ccc(C(=O)O)cc2Cl)ccc1-c1cnco1. The molecule has 0 aliphatic rings. The molecule has 3 rings (SSSR count). The van der Waals surface area contributed by atoms with Crippen LogP contribution in [0.25, 0.3) is 11.3 Å². The number of anilines is 1. The average molecular weight is 502 g/mol. The van der Waals surface area contributed by atoms with Gasteiger partial charge in [-0.05, 0) is 44.2 Å². The minimum absolute atomic E-state index is 0.0474. The third-order valence-electron chi connectivity index (χ3n) is 4.98. The van der Waals surface area contributed by atoms with Gasteiger partial charge in [-0.3, -0.25) is 9.59 Å². The third kappa shape index (κ3) is 6.73. The number of ether oxygens (including phenoxy) is 2. The molecule has 1 aromatic heterocycles. The van der Waals surface area contributed by atoms with Crippen LogP contribution < -0.4 is 20.1 Å². The number of halogens is 1. The maximum absolute atomic E-state index is 12.5. The molecule has 11 heteroatoms. The summed E-state index contributed by atoms with van der Waals surface area (Å²) in [6, 6.07) is 9.01. The fraction of sp³-hybridized carbons (Fsp3) is 0.250. The van der Waals surface area contributed by atoms with Crippen LogP contribution >= 0.6 is 11.6 Å². The van der Waals surface area contributed by atoms with Gasteiger partial charge >= 0.3 is 17.8 Å². The van der Waals surface area contributed by atoms with E-state index in [-0.39, 0.29) is 17.2 Å². The van der Waals surface area contributed by atoms with Gasteiger partial charge in [-0.2, -0.15) is 0 Å². The summed E-state index contributed by atoms with van der Waals surface area (Å²) in [5.41, 5.74) is 0.277. The van der Waals surface area contributed by atoms with E-state index in [1.165, 1.54) is 37.9 Å². The van der Waals surface area contributed by atoms with E-state index in [0.29, 0.717) is 34.9 Å². The summed E-state index contributed by atoms with van der Waals surface area (Å²) in [7, 11) is 1.48. The standard InChI is InChI=1S/C24H24ClN3O7/c1-24(2,8-9-34-18-7-4-14(23(31)32)10-17(18)25)28-22(30)21(29)27-15-5-6-16(19(11-15)33-3)20-12-26-13-35-20/h4-7,10-13H,8-9H2,1-3H3,(H,27,29)(H,28,30)(H,31,32). The minimum Gasteiger partial charge on any atom is -0.496 e. The van der Waals surface area contributed by atoms with Crippen molar-refractivity contribution < 1.29 is 33.4 Å². The highest BCUT2D eigenvalue weighted by molar-refractivity contribution is 6.39. The van der Waals surface area contributed by atoms with Crippen molar-refractivity contribution in [3.8, 4) is 22.8 Å². The first-order valence-electron chi connectivity index (χ1n) is 10.5. The van der Waals surface area contributed by atoms with Crippen molar-refractivity contribution in [1.29, 1.82) is 0 Å². The summed E-state index contributed by atoms with van der Waals surface area (Å²) in [6.45, 7) is 3.65. The highest BCUT2D eigenvalue weighted by atomic mass is 35.5. The molecule has 2 aromatic carbocycles. The molecular weight excluding hydrogens is 478 g/mol. The van der Waals surface area contributed by atoms with Gasteiger partial charge in [0.1, 0.15) is 11.5 Å². The summed E-state index contributed by atoms with van der Waals surface area (Å²) < 4.78 is 16.2. The van der Waals surface area contributed by atoms with Crippen LogP contribution in [0.5, 0.6) is 11.5 Å². The van der Waals surface area contributed by atoms with Crippen molar-refractivity contribution in [2.75, 3.05) is 19.0 Å². The smallest absolute Gasteiger partial charge is 0.335 e. The molecule has 0 aliphatic heterocycles. The van der Waals surface area contributed by atoms with Crippen molar-refractivity contribution in [3.05, 3.63) is 59.6 Å². The Kier molecular flexibility index (Phi) is 7.98. The first-order chi connectivity index (χ1) is 16.6. The fourth-order valence-corrected chi connectivity index (χ4v) is 3.34. The van der Waals surface area contributed by atoms with Crippen LogP contribution in [0.1, 0.15) is 30.6 Å². The van der Waals surface area contributed by atoms with Gasteiger partial charge in [-0.15, -0.1) is 0 Å². The lowest BCUT2D eigenvalue weighted by molar-refractivity contribution is -0.137. The fourth-order valence-electron chi connectivity index (χ4n) is 3.10. The van der Waals surface area contributed by atoms with Crippen molar-refractivity contribution in [2.45, 2.75) is 25.8 Å². The van der Waals surface area contributed by atoms with Crippen LogP contribution in [-0.4, -0.2) is 47.1 Å². The number of aromatic carboxylic acids is 1. The Bertz CT molecular complexity index is 1230. The van der Waals surface area contributed by atoms with Gasteiger partial charge < -0.3 is 29.6 Å². The number of methoxy groups -OCH3 is 1. The Hall–Kier alpha value is -4.05. The molecule has 35 heavy (non-hydrogen) atoms. The van der Waals surface area contributed by atoms with Crippen molar-refractivity contribution in [2.24, 2.45) is 0 Å². The molecule has 3 N–H and O–H groups in total. The number of benzene rings is 2. The maximum atomic E-state index is 12.5. The van der Waals surface area contributed by atoms with Crippen LogP contribution in [0, 0.1) is 0 Å². The Morgan fingerprint density at radius 3 is 2.51 bits per heavy atom. The van der Waals surface area contributed by atoms with Crippen molar-refractivity contribution in [3.63, 3.8) is 0 Å². The summed E-state index contributed by atoms with van der Waals surface area (Å²) in [5.74, 6) is -1.50. The monoisotopic (exact) mass is 501 g/mol. The molecule has 0 unspecified atom stereocenters. The summed E-state index contributed by atoms with van der Waals surface area (Å²) >= 11 is 6.06. The third-order valence-corrected chi connectivity index (χ3v) is 5.27. The quantitative estimate of drug-likeness (QED) is 0.374. The molecule has 0 saturated carbocycles. The van der Waals surface area contributed by atoms with E-state index in [1.807, 2.05) is 0 Å². The van der Waals surface area contributed by atoms with Crippen molar-refractivity contribution >= 4 is 35.1 Å². The van der Waals surface area contributed by atoms with E-state index in [1.54, 1.807) is 32.0 Å². The second kappa shape index (κ2) is 10.9. The Balaban J connectivity index is 1.54. The van der Waals surface area contributed by atoms with Crippen LogP contribution in [0.4, 0.5) is 5.69 Å². The zero-order valence-electron chi connectivity index (χ0n) is 19.3. The van der Waals surface area contributed by atoms with Gasteiger partial charge in [0.15, 0.2) is 12.2 Å². The second-order valence-corrected chi connectivity index (χ2v) is 8.53. The number of nitrogens with one attached hydrogen (secondary N) is 2. The zero-order chi connectivity index (χ0) is 25.6. The van der Waals surface area contributed by atoms with Gasteiger partial charge in [0.2, 0.25) is 0 Å². The number of carboxylic acids is 1. The van der Waals surface area contributed by atoms with Crippen LogP contribution in [0.2, 0.25) is 5.02 Å².